The Morgan fingerprint density at radius 3 is 2.57 bits per heavy atom. The number of carbonyl (C=O) groups excluding carboxylic acids is 2. The molecule has 2 aromatic carbocycles. The van der Waals surface area contributed by atoms with Crippen LogP contribution < -0.4 is 4.74 Å². The molecule has 1 saturated carbocycles. The third kappa shape index (κ3) is 5.65. The zero-order chi connectivity index (χ0) is 26.0. The summed E-state index contributed by atoms with van der Waals surface area (Å²) < 4.78 is 67.6. The van der Waals surface area contributed by atoms with Crippen LogP contribution in [0.1, 0.15) is 28.8 Å². The summed E-state index contributed by atoms with van der Waals surface area (Å²) >= 11 is 0. The molecule has 37 heavy (non-hydrogen) atoms. The van der Waals surface area contributed by atoms with Crippen LogP contribution in [0.5, 0.6) is 5.75 Å². The Morgan fingerprint density at radius 2 is 1.84 bits per heavy atom. The molecule has 3 aliphatic rings. The lowest BCUT2D eigenvalue weighted by Gasteiger charge is -2.26. The summed E-state index contributed by atoms with van der Waals surface area (Å²) in [6.07, 6.45) is -1.46. The van der Waals surface area contributed by atoms with E-state index in [9.17, 15) is 22.8 Å². The quantitative estimate of drug-likeness (QED) is 0.393. The van der Waals surface area contributed by atoms with Crippen LogP contribution in [0.3, 0.4) is 0 Å². The van der Waals surface area contributed by atoms with Crippen molar-refractivity contribution in [1.82, 2.24) is 0 Å². The summed E-state index contributed by atoms with van der Waals surface area (Å²) in [6, 6.07) is 13.1. The number of esters is 2. The molecule has 4 atom stereocenters. The summed E-state index contributed by atoms with van der Waals surface area (Å²) in [5.74, 6) is -2.66. The van der Waals surface area contributed by atoms with Gasteiger partial charge in [-0.3, -0.25) is 4.79 Å². The van der Waals surface area contributed by atoms with Gasteiger partial charge in [0.2, 0.25) is 5.79 Å². The van der Waals surface area contributed by atoms with E-state index < -0.39 is 29.6 Å². The van der Waals surface area contributed by atoms with Gasteiger partial charge in [-0.25, -0.2) is 4.79 Å². The Morgan fingerprint density at radius 1 is 1.08 bits per heavy atom. The fourth-order valence-corrected chi connectivity index (χ4v) is 4.97. The standard InChI is InChI=1S/C27H25F3O7/c28-27(29,30)18-7-4-8-19(13-18)33-16-26(34-11-12-35-26)10-9-20-21-14-24(31)36-23(21)15-22(20)37-25(32)17-5-2-1-3-6-17/h1-10,13,20-23H,11-12,14-16H2/b10-9+/t20-,21-,22-,23+/m1/s1. The molecular formula is C27H25F3O7. The molecule has 0 amide bonds. The maximum atomic E-state index is 13.1. The second-order valence-corrected chi connectivity index (χ2v) is 9.20. The lowest BCUT2D eigenvalue weighted by molar-refractivity contribution is -0.142. The molecule has 7 nitrogen and oxygen atoms in total. The summed E-state index contributed by atoms with van der Waals surface area (Å²) in [6.45, 7) is 0.331. The van der Waals surface area contributed by atoms with E-state index in [4.69, 9.17) is 23.7 Å². The van der Waals surface area contributed by atoms with Crippen LogP contribution in [-0.2, 0) is 29.9 Å². The first-order valence-corrected chi connectivity index (χ1v) is 12.0. The van der Waals surface area contributed by atoms with Crippen molar-refractivity contribution in [2.24, 2.45) is 11.8 Å². The number of carbonyl (C=O) groups is 2. The van der Waals surface area contributed by atoms with Gasteiger partial charge in [-0.05, 0) is 36.4 Å². The van der Waals surface area contributed by atoms with Gasteiger partial charge in [-0.1, -0.05) is 30.3 Å². The third-order valence-corrected chi connectivity index (χ3v) is 6.77. The zero-order valence-electron chi connectivity index (χ0n) is 19.7. The van der Waals surface area contributed by atoms with Gasteiger partial charge in [0.05, 0.1) is 30.8 Å². The monoisotopic (exact) mass is 518 g/mol. The topological polar surface area (TPSA) is 80.3 Å². The third-order valence-electron chi connectivity index (χ3n) is 6.77. The lowest BCUT2D eigenvalue weighted by atomic mass is 9.91. The van der Waals surface area contributed by atoms with Crippen molar-refractivity contribution in [2.45, 2.75) is 37.0 Å². The van der Waals surface area contributed by atoms with Gasteiger partial charge in [-0.15, -0.1) is 0 Å². The SMILES string of the molecule is O=C1C[C@@H]2[C@@H](/C=C/C3(COc4cccc(C(F)(F)F)c4)OCCO3)[C@H](OC(=O)c3ccccc3)C[C@@H]2O1. The average Bonchev–Trinajstić information content (AvgIpc) is 3.57. The van der Waals surface area contributed by atoms with Crippen LogP contribution >= 0.6 is 0 Å². The summed E-state index contributed by atoms with van der Waals surface area (Å²) in [4.78, 5) is 24.6. The van der Waals surface area contributed by atoms with E-state index >= 15 is 0 Å². The normalized spacial score (nSPS) is 26.7. The number of hydrogen-bond donors (Lipinski definition) is 0. The Kier molecular flexibility index (Phi) is 6.96. The highest BCUT2D eigenvalue weighted by atomic mass is 19.4. The highest BCUT2D eigenvalue weighted by molar-refractivity contribution is 5.89. The Labute approximate surface area is 211 Å². The molecule has 0 bridgehead atoms. The predicted octanol–water partition coefficient (Wildman–Crippen LogP) is 4.56. The lowest BCUT2D eigenvalue weighted by Crippen LogP contribution is -2.36. The zero-order valence-corrected chi connectivity index (χ0v) is 19.7. The van der Waals surface area contributed by atoms with E-state index in [2.05, 4.69) is 0 Å². The molecule has 196 valence electrons. The van der Waals surface area contributed by atoms with Gasteiger partial charge in [-0.2, -0.15) is 13.2 Å². The van der Waals surface area contributed by atoms with Gasteiger partial charge < -0.3 is 23.7 Å². The summed E-state index contributed by atoms with van der Waals surface area (Å²) in [7, 11) is 0. The minimum Gasteiger partial charge on any atom is -0.488 e. The number of halogens is 3. The second-order valence-electron chi connectivity index (χ2n) is 9.20. The van der Waals surface area contributed by atoms with Crippen LogP contribution in [0.2, 0.25) is 0 Å². The van der Waals surface area contributed by atoms with Crippen molar-refractivity contribution in [1.29, 1.82) is 0 Å². The molecule has 2 heterocycles. The molecule has 2 aromatic rings. The van der Waals surface area contributed by atoms with Crippen LogP contribution in [0.25, 0.3) is 0 Å². The van der Waals surface area contributed by atoms with Gasteiger partial charge in [0, 0.05) is 18.3 Å². The first-order chi connectivity index (χ1) is 17.7. The molecule has 0 aromatic heterocycles. The smallest absolute Gasteiger partial charge is 0.416 e. The van der Waals surface area contributed by atoms with Crippen molar-refractivity contribution < 1.29 is 46.4 Å². The number of ether oxygens (including phenoxy) is 5. The fourth-order valence-electron chi connectivity index (χ4n) is 4.97. The largest absolute Gasteiger partial charge is 0.488 e. The van der Waals surface area contributed by atoms with E-state index in [1.54, 1.807) is 42.5 Å². The molecule has 3 fully saturated rings. The number of alkyl halides is 3. The van der Waals surface area contributed by atoms with Crippen LogP contribution in [0.15, 0.2) is 66.7 Å². The van der Waals surface area contributed by atoms with Crippen LogP contribution in [-0.4, -0.2) is 49.8 Å². The van der Waals surface area contributed by atoms with E-state index in [0.717, 1.165) is 12.1 Å². The van der Waals surface area contributed by atoms with Crippen molar-refractivity contribution in [2.75, 3.05) is 19.8 Å². The Hall–Kier alpha value is -3.37. The van der Waals surface area contributed by atoms with E-state index in [1.165, 1.54) is 12.1 Å². The minimum absolute atomic E-state index is 0.0205. The van der Waals surface area contributed by atoms with Gasteiger partial charge in [0.15, 0.2) is 0 Å². The molecule has 0 unspecified atom stereocenters. The first-order valence-electron chi connectivity index (χ1n) is 12.0. The number of hydrogen-bond acceptors (Lipinski definition) is 7. The van der Waals surface area contributed by atoms with Crippen molar-refractivity contribution in [3.8, 4) is 5.75 Å². The molecule has 1 aliphatic carbocycles. The molecule has 10 heteroatoms. The Bertz CT molecular complexity index is 1160. The summed E-state index contributed by atoms with van der Waals surface area (Å²) in [5.41, 5.74) is -0.415. The molecule has 2 aliphatic heterocycles. The number of rotatable bonds is 7. The molecule has 0 spiro atoms. The average molecular weight is 518 g/mol. The van der Waals surface area contributed by atoms with Gasteiger partial charge in [0.1, 0.15) is 24.6 Å². The molecule has 0 radical (unpaired) electrons. The molecule has 2 saturated heterocycles. The van der Waals surface area contributed by atoms with E-state index in [0.29, 0.717) is 12.0 Å². The Balaban J connectivity index is 1.32. The first kappa shape index (κ1) is 25.3. The molecular weight excluding hydrogens is 493 g/mol. The highest BCUT2D eigenvalue weighted by Crippen LogP contribution is 2.44. The number of fused-ring (bicyclic) bond motifs is 1. The molecule has 0 N–H and O–H groups in total. The summed E-state index contributed by atoms with van der Waals surface area (Å²) in [5, 5.41) is 0. The van der Waals surface area contributed by atoms with E-state index in [-0.39, 0.29) is 55.9 Å². The van der Waals surface area contributed by atoms with Crippen molar-refractivity contribution in [3.05, 3.63) is 77.9 Å². The van der Waals surface area contributed by atoms with E-state index in [1.807, 2.05) is 0 Å². The molecule has 5 rings (SSSR count). The predicted molar refractivity (Wildman–Crippen MR) is 122 cm³/mol. The van der Waals surface area contributed by atoms with Crippen LogP contribution in [0, 0.1) is 11.8 Å². The van der Waals surface area contributed by atoms with Crippen molar-refractivity contribution >= 4 is 11.9 Å². The second kappa shape index (κ2) is 10.2. The number of benzene rings is 2. The van der Waals surface area contributed by atoms with Gasteiger partial charge >= 0.3 is 18.1 Å². The fraction of sp³-hybridized carbons (Fsp3) is 0.407. The maximum Gasteiger partial charge on any atom is 0.416 e. The minimum atomic E-state index is -4.50. The maximum absolute atomic E-state index is 13.1. The van der Waals surface area contributed by atoms with Gasteiger partial charge in [0.25, 0.3) is 0 Å². The highest BCUT2D eigenvalue weighted by Gasteiger charge is 2.51. The van der Waals surface area contributed by atoms with Crippen LogP contribution in [0.4, 0.5) is 13.2 Å². The van der Waals surface area contributed by atoms with Crippen molar-refractivity contribution in [3.63, 3.8) is 0 Å².